The minimum Gasteiger partial charge on any atom is -0.390 e. The van der Waals surface area contributed by atoms with E-state index < -0.39 is 8.07 Å². The molecule has 5 heteroatoms. The number of aliphatic hydroxyl groups is 1. The van der Waals surface area contributed by atoms with Crippen LogP contribution >= 0.6 is 0 Å². The maximum atomic E-state index is 9.36. The van der Waals surface area contributed by atoms with Gasteiger partial charge < -0.3 is 9.84 Å². The minimum atomic E-state index is -1.03. The number of aliphatic hydroxyl groups excluding tert-OH is 1. The molecule has 1 aliphatic rings. The van der Waals surface area contributed by atoms with Gasteiger partial charge in [-0.05, 0) is 37.3 Å². The number of rotatable bonds is 8. The maximum Gasteiger partial charge on any atom is 0.139 e. The van der Waals surface area contributed by atoms with Gasteiger partial charge in [-0.3, -0.25) is 0 Å². The predicted octanol–water partition coefficient (Wildman–Crippen LogP) is 2.64. The normalized spacial score (nSPS) is 16.0. The van der Waals surface area contributed by atoms with E-state index in [9.17, 15) is 5.11 Å². The van der Waals surface area contributed by atoms with Crippen molar-refractivity contribution in [3.63, 3.8) is 0 Å². The summed E-state index contributed by atoms with van der Waals surface area (Å²) in [5.74, 6) is 0.822. The van der Waals surface area contributed by atoms with E-state index in [0.29, 0.717) is 6.73 Å². The molecule has 1 aromatic heterocycles. The van der Waals surface area contributed by atoms with Crippen molar-refractivity contribution in [3.8, 4) is 0 Å². The van der Waals surface area contributed by atoms with Gasteiger partial charge in [0.15, 0.2) is 0 Å². The molecule has 0 amide bonds. The Kier molecular flexibility index (Phi) is 4.81. The zero-order chi connectivity index (χ0) is 13.9. The summed E-state index contributed by atoms with van der Waals surface area (Å²) in [4.78, 5) is 0. The quantitative estimate of drug-likeness (QED) is 0.589. The Morgan fingerprint density at radius 1 is 1.42 bits per heavy atom. The molecule has 0 bridgehead atoms. The van der Waals surface area contributed by atoms with Gasteiger partial charge in [-0.1, -0.05) is 19.6 Å². The van der Waals surface area contributed by atoms with E-state index in [0.717, 1.165) is 36.4 Å². The second-order valence-corrected chi connectivity index (χ2v) is 12.4. The summed E-state index contributed by atoms with van der Waals surface area (Å²) in [5, 5.41) is 13.9. The van der Waals surface area contributed by atoms with Crippen LogP contribution in [0.2, 0.25) is 25.7 Å². The zero-order valence-corrected chi connectivity index (χ0v) is 13.4. The van der Waals surface area contributed by atoms with E-state index in [1.807, 2.05) is 10.7 Å². The Labute approximate surface area is 116 Å². The molecular formula is C14H26N2O2Si. The van der Waals surface area contributed by atoms with Gasteiger partial charge in [-0.2, -0.15) is 5.10 Å². The molecule has 108 valence electrons. The lowest BCUT2D eigenvalue weighted by Gasteiger charge is -2.15. The number of hydrogen-bond acceptors (Lipinski definition) is 3. The van der Waals surface area contributed by atoms with E-state index in [-0.39, 0.29) is 6.61 Å². The van der Waals surface area contributed by atoms with Crippen molar-refractivity contribution in [1.82, 2.24) is 9.78 Å². The Hall–Kier alpha value is -0.653. The van der Waals surface area contributed by atoms with E-state index in [2.05, 4.69) is 24.7 Å². The van der Waals surface area contributed by atoms with Gasteiger partial charge in [0.25, 0.3) is 0 Å². The largest absolute Gasteiger partial charge is 0.390 e. The highest BCUT2D eigenvalue weighted by Gasteiger charge is 2.23. The Morgan fingerprint density at radius 3 is 2.74 bits per heavy atom. The van der Waals surface area contributed by atoms with Gasteiger partial charge in [0.2, 0.25) is 0 Å². The van der Waals surface area contributed by atoms with Gasteiger partial charge >= 0.3 is 0 Å². The lowest BCUT2D eigenvalue weighted by atomic mass is 10.2. The molecule has 1 saturated carbocycles. The Bertz CT molecular complexity index is 408. The first-order valence-corrected chi connectivity index (χ1v) is 10.9. The van der Waals surface area contributed by atoms with Crippen molar-refractivity contribution < 1.29 is 9.84 Å². The SMILES string of the molecule is C[Si](C)(C)CCOCn1nc(CC2CC2)cc1CO. The summed E-state index contributed by atoms with van der Waals surface area (Å²) in [6.45, 7) is 8.32. The van der Waals surface area contributed by atoms with Crippen molar-refractivity contribution in [1.29, 1.82) is 0 Å². The van der Waals surface area contributed by atoms with Crippen molar-refractivity contribution in [2.45, 2.75) is 58.3 Å². The van der Waals surface area contributed by atoms with Crippen LogP contribution in [0.25, 0.3) is 0 Å². The molecule has 1 fully saturated rings. The van der Waals surface area contributed by atoms with Crippen LogP contribution < -0.4 is 0 Å². The summed E-state index contributed by atoms with van der Waals surface area (Å²) in [5.41, 5.74) is 1.96. The molecule has 0 aliphatic heterocycles. The summed E-state index contributed by atoms with van der Waals surface area (Å²) < 4.78 is 7.50. The first kappa shape index (κ1) is 14.7. The van der Waals surface area contributed by atoms with Crippen LogP contribution in [0.1, 0.15) is 24.2 Å². The second kappa shape index (κ2) is 6.20. The summed E-state index contributed by atoms with van der Waals surface area (Å²) >= 11 is 0. The Morgan fingerprint density at radius 2 is 2.16 bits per heavy atom. The van der Waals surface area contributed by atoms with Gasteiger partial charge in [-0.25, -0.2) is 4.68 Å². The molecule has 0 unspecified atom stereocenters. The third-order valence-corrected chi connectivity index (χ3v) is 5.18. The molecule has 0 atom stereocenters. The molecular weight excluding hydrogens is 256 g/mol. The zero-order valence-electron chi connectivity index (χ0n) is 12.4. The lowest BCUT2D eigenvalue weighted by Crippen LogP contribution is -2.22. The van der Waals surface area contributed by atoms with E-state index >= 15 is 0 Å². The second-order valence-electron chi connectivity index (χ2n) is 6.78. The van der Waals surface area contributed by atoms with Crippen LogP contribution in [-0.2, 0) is 24.5 Å². The molecule has 1 aliphatic carbocycles. The minimum absolute atomic E-state index is 0.0368. The molecule has 1 heterocycles. The lowest BCUT2D eigenvalue weighted by molar-refractivity contribution is 0.0729. The fourth-order valence-electron chi connectivity index (χ4n) is 2.00. The highest BCUT2D eigenvalue weighted by atomic mass is 28.3. The molecule has 19 heavy (non-hydrogen) atoms. The molecule has 0 spiro atoms. The third kappa shape index (κ3) is 5.08. The smallest absolute Gasteiger partial charge is 0.139 e. The van der Waals surface area contributed by atoms with Crippen LogP contribution in [0.15, 0.2) is 6.07 Å². The molecule has 1 N–H and O–H groups in total. The topological polar surface area (TPSA) is 47.3 Å². The number of nitrogens with zero attached hydrogens (tertiary/aromatic N) is 2. The van der Waals surface area contributed by atoms with Gasteiger partial charge in [-0.15, -0.1) is 0 Å². The third-order valence-electron chi connectivity index (χ3n) is 3.48. The van der Waals surface area contributed by atoms with Crippen LogP contribution in [0.4, 0.5) is 0 Å². The fraction of sp³-hybridized carbons (Fsp3) is 0.786. The fourth-order valence-corrected chi connectivity index (χ4v) is 2.76. The maximum absolute atomic E-state index is 9.36. The highest BCUT2D eigenvalue weighted by molar-refractivity contribution is 6.76. The van der Waals surface area contributed by atoms with Crippen molar-refractivity contribution >= 4 is 8.07 Å². The van der Waals surface area contributed by atoms with E-state index in [4.69, 9.17) is 4.74 Å². The van der Waals surface area contributed by atoms with Crippen molar-refractivity contribution in [2.75, 3.05) is 6.61 Å². The summed E-state index contributed by atoms with van der Waals surface area (Å²) in [6.07, 6.45) is 3.71. The molecule has 4 nitrogen and oxygen atoms in total. The first-order valence-electron chi connectivity index (χ1n) is 7.22. The highest BCUT2D eigenvalue weighted by Crippen LogP contribution is 2.32. The molecule has 0 radical (unpaired) electrons. The number of hydrogen-bond donors (Lipinski definition) is 1. The molecule has 1 aromatic rings. The van der Waals surface area contributed by atoms with Crippen LogP contribution in [0, 0.1) is 5.92 Å². The van der Waals surface area contributed by atoms with Crippen molar-refractivity contribution in [2.24, 2.45) is 5.92 Å². The van der Waals surface area contributed by atoms with Gasteiger partial charge in [0.1, 0.15) is 6.73 Å². The van der Waals surface area contributed by atoms with Gasteiger partial charge in [0, 0.05) is 14.7 Å². The standard InChI is InChI=1S/C14H26N2O2Si/c1-19(2,3)7-6-18-11-16-14(10-17)9-13(15-16)8-12-4-5-12/h9,12,17H,4-8,10-11H2,1-3H3. The molecule has 0 saturated heterocycles. The number of ether oxygens (including phenoxy) is 1. The van der Waals surface area contributed by atoms with Crippen LogP contribution in [0.3, 0.4) is 0 Å². The van der Waals surface area contributed by atoms with Gasteiger partial charge in [0.05, 0.1) is 18.0 Å². The van der Waals surface area contributed by atoms with E-state index in [1.54, 1.807) is 0 Å². The summed E-state index contributed by atoms with van der Waals surface area (Å²) in [7, 11) is -1.03. The molecule has 2 rings (SSSR count). The summed E-state index contributed by atoms with van der Waals surface area (Å²) in [6, 6.07) is 3.18. The predicted molar refractivity (Wildman–Crippen MR) is 78.7 cm³/mol. The first-order chi connectivity index (χ1) is 8.98. The molecule has 0 aromatic carbocycles. The van der Waals surface area contributed by atoms with Crippen molar-refractivity contribution in [3.05, 3.63) is 17.5 Å². The Balaban J connectivity index is 1.82. The van der Waals surface area contributed by atoms with Crippen LogP contribution in [0.5, 0.6) is 0 Å². The average Bonchev–Trinajstić information content (AvgIpc) is 3.03. The van der Waals surface area contributed by atoms with Crippen LogP contribution in [-0.4, -0.2) is 29.6 Å². The number of aromatic nitrogens is 2. The van der Waals surface area contributed by atoms with E-state index in [1.165, 1.54) is 12.8 Å². The monoisotopic (exact) mass is 282 g/mol. The average molecular weight is 282 g/mol.